The molecule has 6 heteroatoms. The number of ketones is 1. The van der Waals surface area contributed by atoms with Gasteiger partial charge in [-0.05, 0) is 35.5 Å². The van der Waals surface area contributed by atoms with Crippen molar-refractivity contribution in [3.8, 4) is 0 Å². The molecule has 0 fully saturated rings. The Hall–Kier alpha value is -2.47. The van der Waals surface area contributed by atoms with Crippen LogP contribution in [0.2, 0.25) is 0 Å². The van der Waals surface area contributed by atoms with Gasteiger partial charge in [-0.2, -0.15) is 0 Å². The molecule has 0 bridgehead atoms. The van der Waals surface area contributed by atoms with Crippen LogP contribution >= 0.6 is 12.2 Å². The highest BCUT2D eigenvalue weighted by molar-refractivity contribution is 7.80. The van der Waals surface area contributed by atoms with Crippen molar-refractivity contribution in [1.29, 1.82) is 0 Å². The molecule has 1 amide bonds. The second-order valence-electron chi connectivity index (χ2n) is 5.41. The van der Waals surface area contributed by atoms with Crippen molar-refractivity contribution < 1.29 is 9.59 Å². The maximum atomic E-state index is 12.2. The molecule has 5 nitrogen and oxygen atoms in total. The van der Waals surface area contributed by atoms with E-state index in [1.165, 1.54) is 0 Å². The van der Waals surface area contributed by atoms with E-state index in [0.717, 1.165) is 23.7 Å². The molecule has 0 spiro atoms. The summed E-state index contributed by atoms with van der Waals surface area (Å²) in [5.41, 5.74) is 5.72. The molecular weight excluding hydrogens is 322 g/mol. The third-order valence-electron chi connectivity index (χ3n) is 3.50. The van der Waals surface area contributed by atoms with Crippen LogP contribution in [0.15, 0.2) is 42.5 Å². The molecule has 2 aromatic rings. The summed E-state index contributed by atoms with van der Waals surface area (Å²) in [6.07, 6.45) is 1.20. The van der Waals surface area contributed by atoms with Crippen molar-refractivity contribution in [3.63, 3.8) is 0 Å². The predicted molar refractivity (Wildman–Crippen MR) is 99.7 cm³/mol. The smallest absolute Gasteiger partial charge is 0.238 e. The zero-order valence-electron chi connectivity index (χ0n) is 13.6. The van der Waals surface area contributed by atoms with Crippen molar-refractivity contribution in [2.24, 2.45) is 0 Å². The van der Waals surface area contributed by atoms with Crippen LogP contribution in [0.3, 0.4) is 0 Å². The molecule has 0 aliphatic heterocycles. The van der Waals surface area contributed by atoms with Gasteiger partial charge in [0.25, 0.3) is 0 Å². The van der Waals surface area contributed by atoms with Gasteiger partial charge in [0.2, 0.25) is 5.91 Å². The van der Waals surface area contributed by atoms with E-state index in [1.807, 2.05) is 43.3 Å². The summed E-state index contributed by atoms with van der Waals surface area (Å²) in [4.78, 5) is 24.0. The quantitative estimate of drug-likeness (QED) is 0.427. The number of rotatable bonds is 6. The lowest BCUT2D eigenvalue weighted by Gasteiger charge is -2.10. The van der Waals surface area contributed by atoms with Crippen molar-refractivity contribution in [2.75, 3.05) is 6.54 Å². The van der Waals surface area contributed by atoms with Crippen LogP contribution in [-0.2, 0) is 4.79 Å². The first-order chi connectivity index (χ1) is 11.6. The summed E-state index contributed by atoms with van der Waals surface area (Å²) in [6.45, 7) is 2.76. The summed E-state index contributed by atoms with van der Waals surface area (Å²) >= 11 is 4.99. The average molecular weight is 343 g/mol. The number of hydrogen-bond donors (Lipinski definition) is 3. The first-order valence-corrected chi connectivity index (χ1v) is 8.35. The molecule has 0 saturated heterocycles. The van der Waals surface area contributed by atoms with Gasteiger partial charge in [0.15, 0.2) is 10.9 Å². The SMILES string of the molecule is CCCNC(=S)NNC(=O)CCC(=O)c1ccc2ccccc2c1. The predicted octanol–water partition coefficient (Wildman–Crippen LogP) is 2.71. The normalized spacial score (nSPS) is 10.2. The number of carbonyl (C=O) groups is 2. The number of carbonyl (C=O) groups excluding carboxylic acids is 2. The number of hydrazine groups is 1. The van der Waals surface area contributed by atoms with Crippen molar-refractivity contribution >= 4 is 39.8 Å². The molecule has 0 aliphatic rings. The number of nitrogens with one attached hydrogen (secondary N) is 3. The molecule has 0 saturated carbocycles. The van der Waals surface area contributed by atoms with Gasteiger partial charge in [-0.1, -0.05) is 43.3 Å². The van der Waals surface area contributed by atoms with Gasteiger partial charge in [-0.25, -0.2) is 0 Å². The fourth-order valence-electron chi connectivity index (χ4n) is 2.21. The lowest BCUT2D eigenvalue weighted by atomic mass is 10.0. The van der Waals surface area contributed by atoms with E-state index >= 15 is 0 Å². The Balaban J connectivity index is 1.81. The standard InChI is InChI=1S/C18H21N3O2S/c1-2-11-19-18(24)21-20-17(23)10-9-16(22)15-8-7-13-5-3-4-6-14(13)12-15/h3-8,12H,2,9-11H2,1H3,(H,20,23)(H2,19,21,24). The van der Waals surface area contributed by atoms with Crippen LogP contribution < -0.4 is 16.2 Å². The minimum Gasteiger partial charge on any atom is -0.361 e. The zero-order chi connectivity index (χ0) is 17.4. The van der Waals surface area contributed by atoms with Gasteiger partial charge in [0.1, 0.15) is 0 Å². The van der Waals surface area contributed by atoms with Gasteiger partial charge in [-0.3, -0.25) is 20.4 Å². The van der Waals surface area contributed by atoms with Crippen LogP contribution in [0.1, 0.15) is 36.5 Å². The average Bonchev–Trinajstić information content (AvgIpc) is 2.62. The summed E-state index contributed by atoms with van der Waals surface area (Å²) < 4.78 is 0. The summed E-state index contributed by atoms with van der Waals surface area (Å²) in [7, 11) is 0. The second kappa shape index (κ2) is 8.98. The third-order valence-corrected chi connectivity index (χ3v) is 3.75. The molecule has 24 heavy (non-hydrogen) atoms. The van der Waals surface area contributed by atoms with Crippen LogP contribution in [0.5, 0.6) is 0 Å². The first-order valence-electron chi connectivity index (χ1n) is 7.95. The highest BCUT2D eigenvalue weighted by Gasteiger charge is 2.10. The van der Waals surface area contributed by atoms with E-state index in [9.17, 15) is 9.59 Å². The molecule has 0 unspecified atom stereocenters. The van der Waals surface area contributed by atoms with E-state index in [4.69, 9.17) is 12.2 Å². The fourth-order valence-corrected chi connectivity index (χ4v) is 2.36. The third kappa shape index (κ3) is 5.31. The van der Waals surface area contributed by atoms with Gasteiger partial charge in [0.05, 0.1) is 0 Å². The van der Waals surface area contributed by atoms with E-state index in [1.54, 1.807) is 6.07 Å². The van der Waals surface area contributed by atoms with Gasteiger partial charge < -0.3 is 5.32 Å². The van der Waals surface area contributed by atoms with Crippen LogP contribution in [0, 0.1) is 0 Å². The van der Waals surface area contributed by atoms with Crippen molar-refractivity contribution in [3.05, 3.63) is 48.0 Å². The van der Waals surface area contributed by atoms with E-state index in [-0.39, 0.29) is 24.5 Å². The Morgan fingerprint density at radius 3 is 2.50 bits per heavy atom. The number of amides is 1. The molecule has 0 aliphatic carbocycles. The van der Waals surface area contributed by atoms with Crippen LogP contribution in [0.4, 0.5) is 0 Å². The molecule has 0 radical (unpaired) electrons. The number of fused-ring (bicyclic) bond motifs is 1. The maximum absolute atomic E-state index is 12.2. The maximum Gasteiger partial charge on any atom is 0.238 e. The minimum atomic E-state index is -0.273. The summed E-state index contributed by atoms with van der Waals surface area (Å²) in [5.74, 6) is -0.327. The Kier molecular flexibility index (Phi) is 6.69. The summed E-state index contributed by atoms with van der Waals surface area (Å²) in [6, 6.07) is 13.4. The van der Waals surface area contributed by atoms with Gasteiger partial charge >= 0.3 is 0 Å². The van der Waals surface area contributed by atoms with Gasteiger partial charge in [0, 0.05) is 24.9 Å². The monoisotopic (exact) mass is 343 g/mol. The van der Waals surface area contributed by atoms with E-state index < -0.39 is 0 Å². The topological polar surface area (TPSA) is 70.2 Å². The number of benzene rings is 2. The molecule has 2 rings (SSSR count). The second-order valence-corrected chi connectivity index (χ2v) is 5.82. The molecule has 2 aromatic carbocycles. The highest BCUT2D eigenvalue weighted by atomic mass is 32.1. The van der Waals surface area contributed by atoms with E-state index in [0.29, 0.717) is 10.7 Å². The lowest BCUT2D eigenvalue weighted by molar-refractivity contribution is -0.121. The molecule has 0 atom stereocenters. The molecule has 126 valence electrons. The number of Topliss-reactive ketones (excluding diaryl/α,β-unsaturated/α-hetero) is 1. The molecule has 0 heterocycles. The Bertz CT molecular complexity index is 746. The Morgan fingerprint density at radius 1 is 1.00 bits per heavy atom. The van der Waals surface area contributed by atoms with Gasteiger partial charge in [-0.15, -0.1) is 0 Å². The summed E-state index contributed by atoms with van der Waals surface area (Å²) in [5, 5.41) is 5.40. The lowest BCUT2D eigenvalue weighted by Crippen LogP contribution is -2.46. The van der Waals surface area contributed by atoms with Crippen molar-refractivity contribution in [2.45, 2.75) is 26.2 Å². The highest BCUT2D eigenvalue weighted by Crippen LogP contribution is 2.17. The molecule has 0 aromatic heterocycles. The molecular formula is C18H21N3O2S. The van der Waals surface area contributed by atoms with Crippen molar-refractivity contribution in [1.82, 2.24) is 16.2 Å². The Labute approximate surface area is 146 Å². The van der Waals surface area contributed by atoms with E-state index in [2.05, 4.69) is 16.2 Å². The Morgan fingerprint density at radius 2 is 1.75 bits per heavy atom. The molecule has 3 N–H and O–H groups in total. The minimum absolute atomic E-state index is 0.0532. The number of hydrogen-bond acceptors (Lipinski definition) is 3. The zero-order valence-corrected chi connectivity index (χ0v) is 14.4. The van der Waals surface area contributed by atoms with Crippen LogP contribution in [-0.4, -0.2) is 23.3 Å². The van der Waals surface area contributed by atoms with Crippen LogP contribution in [0.25, 0.3) is 10.8 Å². The number of thiocarbonyl (C=S) groups is 1. The largest absolute Gasteiger partial charge is 0.361 e. The fraction of sp³-hybridized carbons (Fsp3) is 0.278. The first kappa shape index (κ1) is 17.9.